The number of ether oxygens (including phenoxy) is 1. The number of hydrogen-bond acceptors (Lipinski definition) is 4. The summed E-state index contributed by atoms with van der Waals surface area (Å²) in [7, 11) is -3.76. The number of amides is 1. The van der Waals surface area contributed by atoms with Crippen LogP contribution in [0.3, 0.4) is 0 Å². The van der Waals surface area contributed by atoms with E-state index in [2.05, 4.69) is 10.1 Å². The molecule has 4 fully saturated rings. The molecule has 0 aliphatic heterocycles. The van der Waals surface area contributed by atoms with Gasteiger partial charge in [-0.2, -0.15) is 0 Å². The van der Waals surface area contributed by atoms with Gasteiger partial charge < -0.3 is 10.1 Å². The van der Waals surface area contributed by atoms with Crippen LogP contribution < -0.4 is 14.4 Å². The smallest absolute Gasteiger partial charge is 0.406 e. The van der Waals surface area contributed by atoms with Gasteiger partial charge in [0.25, 0.3) is 0 Å². The molecule has 1 amide bonds. The Morgan fingerprint density at radius 2 is 1.50 bits per heavy atom. The summed E-state index contributed by atoms with van der Waals surface area (Å²) in [4.78, 5) is 12.6. The molecule has 4 saturated carbocycles. The Balaban J connectivity index is 1.28. The number of sulfonamides is 1. The van der Waals surface area contributed by atoms with Crippen LogP contribution in [0.1, 0.15) is 44.1 Å². The van der Waals surface area contributed by atoms with E-state index in [9.17, 15) is 26.4 Å². The minimum absolute atomic E-state index is 0.183. The van der Waals surface area contributed by atoms with Crippen molar-refractivity contribution in [3.05, 3.63) is 54.1 Å². The molecule has 0 saturated heterocycles. The van der Waals surface area contributed by atoms with Gasteiger partial charge >= 0.3 is 6.36 Å². The molecule has 0 radical (unpaired) electrons. The maximum absolute atomic E-state index is 12.6. The summed E-state index contributed by atoms with van der Waals surface area (Å²) in [5, 5.41) is 2.52. The van der Waals surface area contributed by atoms with E-state index in [-0.39, 0.29) is 11.1 Å². The number of anilines is 2. The molecule has 4 aliphatic carbocycles. The topological polar surface area (TPSA) is 75.7 Å². The lowest BCUT2D eigenvalue weighted by Gasteiger charge is -2.57. The van der Waals surface area contributed by atoms with Gasteiger partial charge in [0.1, 0.15) is 12.3 Å². The van der Waals surface area contributed by atoms with Crippen LogP contribution in [0.25, 0.3) is 0 Å². The first kappa shape index (κ1) is 24.9. The van der Waals surface area contributed by atoms with Crippen LogP contribution in [-0.4, -0.2) is 33.5 Å². The van der Waals surface area contributed by atoms with Gasteiger partial charge in [0, 0.05) is 5.69 Å². The predicted molar refractivity (Wildman–Crippen MR) is 130 cm³/mol. The summed E-state index contributed by atoms with van der Waals surface area (Å²) in [5.41, 5.74) is 2.06. The first-order valence-corrected chi connectivity index (χ1v) is 14.0. The van der Waals surface area contributed by atoms with E-state index in [1.807, 2.05) is 12.1 Å². The third-order valence-corrected chi connectivity index (χ3v) is 9.01. The molecule has 2 aromatic carbocycles. The van der Waals surface area contributed by atoms with Gasteiger partial charge in [-0.1, -0.05) is 12.1 Å². The summed E-state index contributed by atoms with van der Waals surface area (Å²) >= 11 is 0. The molecule has 10 heteroatoms. The van der Waals surface area contributed by atoms with Crippen LogP contribution in [-0.2, 0) is 20.2 Å². The Kier molecular flexibility index (Phi) is 6.21. The van der Waals surface area contributed by atoms with Crippen molar-refractivity contribution in [2.24, 2.45) is 17.8 Å². The number of halogens is 3. The molecular formula is C26H29F3N2O4S. The molecule has 0 spiro atoms. The molecule has 0 aromatic heterocycles. The molecular weight excluding hydrogens is 493 g/mol. The number of rotatable bonds is 7. The first-order valence-electron chi connectivity index (χ1n) is 12.1. The molecule has 36 heavy (non-hydrogen) atoms. The summed E-state index contributed by atoms with van der Waals surface area (Å²) in [6, 6.07) is 12.2. The highest BCUT2D eigenvalue weighted by Crippen LogP contribution is 2.60. The zero-order valence-corrected chi connectivity index (χ0v) is 20.7. The fraction of sp³-hybridized carbons (Fsp3) is 0.500. The number of benzene rings is 2. The molecule has 1 N–H and O–H groups in total. The van der Waals surface area contributed by atoms with E-state index >= 15 is 0 Å². The number of nitrogens with zero attached hydrogens (tertiary/aromatic N) is 1. The second-order valence-corrected chi connectivity index (χ2v) is 12.5. The van der Waals surface area contributed by atoms with Crippen molar-refractivity contribution in [3.63, 3.8) is 0 Å². The van der Waals surface area contributed by atoms with Crippen molar-refractivity contribution in [1.29, 1.82) is 0 Å². The highest BCUT2D eigenvalue weighted by Gasteiger charge is 2.51. The Bertz CT molecular complexity index is 1190. The SMILES string of the molecule is CS(=O)(=O)N(CC(=O)Nc1ccc(OC(F)(F)F)cc1)c1ccc(C23CC4CC(CC(C4)C2)C3)cc1. The Labute approximate surface area is 208 Å². The predicted octanol–water partition coefficient (Wildman–Crippen LogP) is 5.46. The summed E-state index contributed by atoms with van der Waals surface area (Å²) < 4.78 is 66.9. The van der Waals surface area contributed by atoms with Crippen molar-refractivity contribution < 1.29 is 31.1 Å². The zero-order valence-electron chi connectivity index (χ0n) is 19.9. The number of carbonyl (C=O) groups is 1. The van der Waals surface area contributed by atoms with Gasteiger partial charge in [0.2, 0.25) is 15.9 Å². The lowest BCUT2D eigenvalue weighted by molar-refractivity contribution is -0.274. The van der Waals surface area contributed by atoms with Crippen LogP contribution in [0.4, 0.5) is 24.5 Å². The number of nitrogens with one attached hydrogen (secondary N) is 1. The van der Waals surface area contributed by atoms with Crippen molar-refractivity contribution in [1.82, 2.24) is 0 Å². The van der Waals surface area contributed by atoms with E-state index in [1.165, 1.54) is 56.2 Å². The van der Waals surface area contributed by atoms with E-state index in [0.717, 1.165) is 40.4 Å². The molecule has 0 unspecified atom stereocenters. The number of hydrogen-bond donors (Lipinski definition) is 1. The van der Waals surface area contributed by atoms with Gasteiger partial charge in [-0.25, -0.2) is 8.42 Å². The first-order chi connectivity index (χ1) is 16.9. The molecule has 4 bridgehead atoms. The minimum Gasteiger partial charge on any atom is -0.406 e. The highest BCUT2D eigenvalue weighted by molar-refractivity contribution is 7.92. The standard InChI is InChI=1S/C26H29F3N2O4S/c1-36(33,34)31(16-24(32)30-21-4-8-23(9-5-21)35-26(27,28)29)22-6-2-20(3-7-22)25-13-17-10-18(14-25)12-19(11-17)15-25/h2-9,17-19H,10-16H2,1H3,(H,30,32). The minimum atomic E-state index is -4.81. The second-order valence-electron chi connectivity index (χ2n) is 10.6. The largest absolute Gasteiger partial charge is 0.573 e. The number of alkyl halides is 3. The summed E-state index contributed by atoms with van der Waals surface area (Å²) in [6.07, 6.45) is 3.84. The van der Waals surface area contributed by atoms with Gasteiger partial charge in [-0.3, -0.25) is 9.10 Å². The highest BCUT2D eigenvalue weighted by atomic mass is 32.2. The zero-order chi connectivity index (χ0) is 25.7. The Morgan fingerprint density at radius 3 is 1.97 bits per heavy atom. The third kappa shape index (κ3) is 5.33. The van der Waals surface area contributed by atoms with Crippen LogP contribution in [0.5, 0.6) is 5.75 Å². The van der Waals surface area contributed by atoms with Crippen LogP contribution in [0, 0.1) is 17.8 Å². The van der Waals surface area contributed by atoms with Gasteiger partial charge in [0.05, 0.1) is 11.9 Å². The molecule has 6 rings (SSSR count). The van der Waals surface area contributed by atoms with Crippen LogP contribution in [0.2, 0.25) is 0 Å². The van der Waals surface area contributed by atoms with Crippen molar-refractivity contribution >= 4 is 27.3 Å². The van der Waals surface area contributed by atoms with E-state index < -0.39 is 34.6 Å². The number of carbonyl (C=O) groups excluding carboxylic acids is 1. The van der Waals surface area contributed by atoms with E-state index in [0.29, 0.717) is 5.69 Å². The van der Waals surface area contributed by atoms with Crippen molar-refractivity contribution in [2.75, 3.05) is 22.4 Å². The normalized spacial score (nSPS) is 27.1. The van der Waals surface area contributed by atoms with Gasteiger partial charge in [-0.05, 0) is 104 Å². The second kappa shape index (κ2) is 8.97. The quantitative estimate of drug-likeness (QED) is 0.524. The van der Waals surface area contributed by atoms with E-state index in [4.69, 9.17) is 0 Å². The fourth-order valence-electron chi connectivity index (χ4n) is 6.92. The Morgan fingerprint density at radius 1 is 0.972 bits per heavy atom. The molecule has 6 nitrogen and oxygen atoms in total. The maximum atomic E-state index is 12.6. The summed E-state index contributed by atoms with van der Waals surface area (Å²) in [6.45, 7) is -0.462. The average Bonchev–Trinajstić information content (AvgIpc) is 2.76. The van der Waals surface area contributed by atoms with Crippen molar-refractivity contribution in [3.8, 4) is 5.75 Å². The fourth-order valence-corrected chi connectivity index (χ4v) is 7.77. The van der Waals surface area contributed by atoms with Gasteiger partial charge in [-0.15, -0.1) is 13.2 Å². The molecule has 4 aliphatic rings. The molecule has 2 aromatic rings. The summed E-state index contributed by atoms with van der Waals surface area (Å²) in [5.74, 6) is 1.34. The van der Waals surface area contributed by atoms with Crippen LogP contribution >= 0.6 is 0 Å². The lowest BCUT2D eigenvalue weighted by Crippen LogP contribution is -2.48. The monoisotopic (exact) mass is 522 g/mol. The lowest BCUT2D eigenvalue weighted by atomic mass is 9.48. The third-order valence-electron chi connectivity index (χ3n) is 7.87. The molecule has 0 atom stereocenters. The van der Waals surface area contributed by atoms with Crippen LogP contribution in [0.15, 0.2) is 48.5 Å². The average molecular weight is 523 g/mol. The van der Waals surface area contributed by atoms with Gasteiger partial charge in [0.15, 0.2) is 0 Å². The Hall–Kier alpha value is -2.75. The molecule has 0 heterocycles. The van der Waals surface area contributed by atoms with E-state index in [1.54, 1.807) is 12.1 Å². The molecule has 194 valence electrons. The van der Waals surface area contributed by atoms with Crippen molar-refractivity contribution in [2.45, 2.75) is 50.3 Å². The maximum Gasteiger partial charge on any atom is 0.573 e.